The number of rotatable bonds is 8. The maximum absolute atomic E-state index is 12.1. The number of halogens is 1. The molecule has 6 heteroatoms. The van der Waals surface area contributed by atoms with Gasteiger partial charge < -0.3 is 14.8 Å². The highest BCUT2D eigenvalue weighted by molar-refractivity contribution is 9.10. The molecule has 2 aromatic rings. The van der Waals surface area contributed by atoms with Crippen molar-refractivity contribution in [3.63, 3.8) is 0 Å². The zero-order valence-electron chi connectivity index (χ0n) is 14.9. The molecule has 26 heavy (non-hydrogen) atoms. The molecule has 0 aliphatic rings. The molecule has 2 aromatic carbocycles. The molecule has 0 heterocycles. The molecule has 0 saturated heterocycles. The molecular formula is C20H22BrNO4. The fourth-order valence-corrected chi connectivity index (χ4v) is 2.76. The quantitative estimate of drug-likeness (QED) is 0.635. The summed E-state index contributed by atoms with van der Waals surface area (Å²) in [6.45, 7) is 4.24. The van der Waals surface area contributed by atoms with Crippen molar-refractivity contribution < 1.29 is 19.1 Å². The Morgan fingerprint density at radius 2 is 1.92 bits per heavy atom. The molecule has 0 unspecified atom stereocenters. The number of nitrogens with one attached hydrogen (secondary N) is 1. The van der Waals surface area contributed by atoms with Crippen LogP contribution in [0.15, 0.2) is 46.9 Å². The molecular weight excluding hydrogens is 398 g/mol. The Labute approximate surface area is 161 Å². The molecule has 0 bridgehead atoms. The normalized spacial score (nSPS) is 10.3. The Hall–Kier alpha value is -2.34. The summed E-state index contributed by atoms with van der Waals surface area (Å²) in [4.78, 5) is 24.0. The van der Waals surface area contributed by atoms with Crippen LogP contribution in [0, 0.1) is 0 Å². The Morgan fingerprint density at radius 3 is 2.62 bits per heavy atom. The Morgan fingerprint density at radius 1 is 1.12 bits per heavy atom. The first-order valence-corrected chi connectivity index (χ1v) is 9.31. The summed E-state index contributed by atoms with van der Waals surface area (Å²) in [6.07, 6.45) is 1.69. The molecule has 0 fully saturated rings. The maximum atomic E-state index is 12.1. The van der Waals surface area contributed by atoms with Crippen LogP contribution in [0.2, 0.25) is 0 Å². The number of aryl methyl sites for hydroxylation is 1. The van der Waals surface area contributed by atoms with Gasteiger partial charge in [-0.3, -0.25) is 4.79 Å². The minimum absolute atomic E-state index is 0.130. The average Bonchev–Trinajstić information content (AvgIpc) is 2.65. The van der Waals surface area contributed by atoms with E-state index in [0.717, 1.165) is 17.3 Å². The molecule has 138 valence electrons. The van der Waals surface area contributed by atoms with Crippen molar-refractivity contribution in [2.75, 3.05) is 18.5 Å². The van der Waals surface area contributed by atoms with Crippen molar-refractivity contribution >= 4 is 33.5 Å². The lowest BCUT2D eigenvalue weighted by Gasteiger charge is -2.10. The van der Waals surface area contributed by atoms with E-state index in [4.69, 9.17) is 9.47 Å². The molecule has 0 radical (unpaired) electrons. The Kier molecular flexibility index (Phi) is 7.66. The minimum Gasteiger partial charge on any atom is -0.483 e. The smallest absolute Gasteiger partial charge is 0.338 e. The lowest BCUT2D eigenvalue weighted by molar-refractivity contribution is -0.118. The van der Waals surface area contributed by atoms with Crippen LogP contribution in [0.5, 0.6) is 5.75 Å². The first-order valence-electron chi connectivity index (χ1n) is 8.51. The second-order valence-corrected chi connectivity index (χ2v) is 6.53. The molecule has 1 amide bonds. The minimum atomic E-state index is -0.404. The van der Waals surface area contributed by atoms with E-state index in [1.165, 1.54) is 5.56 Å². The maximum Gasteiger partial charge on any atom is 0.338 e. The largest absolute Gasteiger partial charge is 0.483 e. The number of carbonyl (C=O) groups is 2. The molecule has 2 rings (SSSR count). The van der Waals surface area contributed by atoms with Crippen molar-refractivity contribution in [2.24, 2.45) is 0 Å². The zero-order chi connectivity index (χ0) is 18.9. The predicted molar refractivity (Wildman–Crippen MR) is 105 cm³/mol. The van der Waals surface area contributed by atoms with Crippen molar-refractivity contribution in [1.82, 2.24) is 0 Å². The predicted octanol–water partition coefficient (Wildman–Crippen LogP) is 4.60. The van der Waals surface area contributed by atoms with E-state index in [1.807, 2.05) is 25.1 Å². The van der Waals surface area contributed by atoms with Gasteiger partial charge in [-0.05, 0) is 64.7 Å². The van der Waals surface area contributed by atoms with Gasteiger partial charge in [0.05, 0.1) is 16.6 Å². The summed E-state index contributed by atoms with van der Waals surface area (Å²) in [5.41, 5.74) is 2.10. The third-order valence-electron chi connectivity index (χ3n) is 3.58. The van der Waals surface area contributed by atoms with Crippen LogP contribution >= 0.6 is 15.9 Å². The number of hydrogen-bond donors (Lipinski definition) is 1. The van der Waals surface area contributed by atoms with Gasteiger partial charge in [-0.15, -0.1) is 0 Å². The van der Waals surface area contributed by atoms with Crippen molar-refractivity contribution in [3.05, 3.63) is 58.1 Å². The van der Waals surface area contributed by atoms with Crippen molar-refractivity contribution in [3.8, 4) is 5.75 Å². The second-order valence-electron chi connectivity index (χ2n) is 5.67. The fourth-order valence-electron chi connectivity index (χ4n) is 2.22. The Balaban J connectivity index is 1.92. The van der Waals surface area contributed by atoms with E-state index in [0.29, 0.717) is 23.6 Å². The average molecular weight is 420 g/mol. The van der Waals surface area contributed by atoms with Crippen LogP contribution < -0.4 is 10.1 Å². The van der Waals surface area contributed by atoms with Crippen LogP contribution in [0.1, 0.15) is 36.2 Å². The summed E-state index contributed by atoms with van der Waals surface area (Å²) in [7, 11) is 0. The number of anilines is 1. The molecule has 0 saturated carbocycles. The van der Waals surface area contributed by atoms with Gasteiger partial charge in [-0.25, -0.2) is 4.79 Å². The van der Waals surface area contributed by atoms with Gasteiger partial charge >= 0.3 is 5.97 Å². The fraction of sp³-hybridized carbons (Fsp3) is 0.300. The van der Waals surface area contributed by atoms with E-state index >= 15 is 0 Å². The Bertz CT molecular complexity index is 776. The number of carbonyl (C=O) groups excluding carboxylic acids is 2. The molecule has 0 aromatic heterocycles. The SMILES string of the molecule is CCCOC(=O)c1cccc(NC(=O)COc2ccc(CC)cc2Br)c1. The van der Waals surface area contributed by atoms with Crippen LogP contribution in [-0.4, -0.2) is 25.1 Å². The van der Waals surface area contributed by atoms with Crippen LogP contribution in [0.25, 0.3) is 0 Å². The van der Waals surface area contributed by atoms with E-state index in [2.05, 4.69) is 28.2 Å². The van der Waals surface area contributed by atoms with Gasteiger partial charge in [0.2, 0.25) is 0 Å². The third-order valence-corrected chi connectivity index (χ3v) is 4.20. The highest BCUT2D eigenvalue weighted by Gasteiger charge is 2.10. The van der Waals surface area contributed by atoms with Crippen LogP contribution in [0.4, 0.5) is 5.69 Å². The van der Waals surface area contributed by atoms with E-state index < -0.39 is 5.97 Å². The van der Waals surface area contributed by atoms with E-state index in [-0.39, 0.29) is 12.5 Å². The highest BCUT2D eigenvalue weighted by Crippen LogP contribution is 2.26. The standard InChI is InChI=1S/C20H22BrNO4/c1-3-10-25-20(24)15-6-5-7-16(12-15)22-19(23)13-26-18-9-8-14(4-2)11-17(18)21/h5-9,11-12H,3-4,10,13H2,1-2H3,(H,22,23). The topological polar surface area (TPSA) is 64.6 Å². The number of ether oxygens (including phenoxy) is 2. The lowest BCUT2D eigenvalue weighted by atomic mass is 10.2. The first-order chi connectivity index (χ1) is 12.5. The number of esters is 1. The van der Waals surface area contributed by atoms with Crippen LogP contribution in [-0.2, 0) is 16.0 Å². The molecule has 0 atom stereocenters. The summed E-state index contributed by atoms with van der Waals surface area (Å²) < 4.78 is 11.5. The molecule has 0 aliphatic heterocycles. The van der Waals surface area contributed by atoms with E-state index in [9.17, 15) is 9.59 Å². The van der Waals surface area contributed by atoms with Gasteiger partial charge in [0.15, 0.2) is 6.61 Å². The highest BCUT2D eigenvalue weighted by atomic mass is 79.9. The van der Waals surface area contributed by atoms with Gasteiger partial charge in [-0.1, -0.05) is 26.0 Å². The van der Waals surface area contributed by atoms with Gasteiger partial charge in [0.1, 0.15) is 5.75 Å². The van der Waals surface area contributed by atoms with E-state index in [1.54, 1.807) is 24.3 Å². The summed E-state index contributed by atoms with van der Waals surface area (Å²) in [5.74, 6) is -0.107. The summed E-state index contributed by atoms with van der Waals surface area (Å²) in [6, 6.07) is 12.4. The number of benzene rings is 2. The third kappa shape index (κ3) is 5.88. The van der Waals surface area contributed by atoms with Gasteiger partial charge in [0, 0.05) is 5.69 Å². The lowest BCUT2D eigenvalue weighted by Crippen LogP contribution is -2.20. The van der Waals surface area contributed by atoms with Crippen molar-refractivity contribution in [2.45, 2.75) is 26.7 Å². The summed E-state index contributed by atoms with van der Waals surface area (Å²) in [5, 5.41) is 2.72. The number of amides is 1. The molecule has 1 N–H and O–H groups in total. The number of hydrogen-bond acceptors (Lipinski definition) is 4. The van der Waals surface area contributed by atoms with Crippen LogP contribution in [0.3, 0.4) is 0 Å². The molecule has 0 aliphatic carbocycles. The second kappa shape index (κ2) is 9.97. The first kappa shape index (κ1) is 20.0. The zero-order valence-corrected chi connectivity index (χ0v) is 16.5. The molecule has 0 spiro atoms. The van der Waals surface area contributed by atoms with Gasteiger partial charge in [-0.2, -0.15) is 0 Å². The monoisotopic (exact) mass is 419 g/mol. The van der Waals surface area contributed by atoms with Crippen molar-refractivity contribution in [1.29, 1.82) is 0 Å². The molecule has 5 nitrogen and oxygen atoms in total. The van der Waals surface area contributed by atoms with Gasteiger partial charge in [0.25, 0.3) is 5.91 Å². The summed E-state index contributed by atoms with van der Waals surface area (Å²) >= 11 is 3.44.